The molecule has 1 heterocycles. The predicted octanol–water partition coefficient (Wildman–Crippen LogP) is 4.97. The average Bonchev–Trinajstić information content (AvgIpc) is 2.65. The minimum atomic E-state index is -0.407. The maximum Gasteiger partial charge on any atom is 0.357 e. The monoisotopic (exact) mass is 328 g/mol. The van der Waals surface area contributed by atoms with Crippen LogP contribution in [0.3, 0.4) is 0 Å². The highest BCUT2D eigenvalue weighted by atomic mass is 16.4. The van der Waals surface area contributed by atoms with Gasteiger partial charge in [-0.15, -0.1) is 0 Å². The zero-order valence-corrected chi connectivity index (χ0v) is 13.7. The van der Waals surface area contributed by atoms with Gasteiger partial charge in [0.2, 0.25) is 0 Å². The number of benzene rings is 3. The lowest BCUT2D eigenvalue weighted by atomic mass is 10.2. The number of anilines is 3. The van der Waals surface area contributed by atoms with E-state index in [2.05, 4.69) is 9.88 Å². The Morgan fingerprint density at radius 2 is 1.40 bits per heavy atom. The molecule has 4 nitrogen and oxygen atoms in total. The van der Waals surface area contributed by atoms with Crippen molar-refractivity contribution < 1.29 is 4.42 Å². The summed E-state index contributed by atoms with van der Waals surface area (Å²) in [5, 5.41) is 0. The van der Waals surface area contributed by atoms with E-state index in [1.807, 2.05) is 78.9 Å². The van der Waals surface area contributed by atoms with Crippen LogP contribution in [0.1, 0.15) is 5.69 Å². The van der Waals surface area contributed by atoms with Crippen LogP contribution in [0.2, 0.25) is 0 Å². The molecular weight excluding hydrogens is 312 g/mol. The number of aryl methyl sites for hydroxylation is 1. The number of hydrogen-bond acceptors (Lipinski definition) is 4. The van der Waals surface area contributed by atoms with Crippen LogP contribution in [-0.2, 0) is 0 Å². The lowest BCUT2D eigenvalue weighted by Crippen LogP contribution is -2.10. The van der Waals surface area contributed by atoms with Gasteiger partial charge in [-0.25, -0.2) is 9.78 Å². The summed E-state index contributed by atoms with van der Waals surface area (Å²) in [5.74, 6) is 0. The zero-order chi connectivity index (χ0) is 17.2. The molecule has 122 valence electrons. The second-order valence-electron chi connectivity index (χ2n) is 5.75. The highest BCUT2D eigenvalue weighted by Crippen LogP contribution is 2.35. The molecule has 0 spiro atoms. The molecule has 0 atom stereocenters. The quantitative estimate of drug-likeness (QED) is 0.533. The summed E-state index contributed by atoms with van der Waals surface area (Å²) in [6.45, 7) is 1.65. The van der Waals surface area contributed by atoms with Crippen molar-refractivity contribution >= 4 is 28.2 Å². The SMILES string of the molecule is Cc1nc2ccc(N(c3ccccc3)c3ccccc3)cc2oc1=O. The summed E-state index contributed by atoms with van der Waals surface area (Å²) < 4.78 is 5.41. The molecule has 0 aliphatic heterocycles. The Hall–Kier alpha value is -3.40. The Morgan fingerprint density at radius 3 is 2.00 bits per heavy atom. The second-order valence-corrected chi connectivity index (χ2v) is 5.75. The fourth-order valence-electron chi connectivity index (χ4n) is 2.82. The third kappa shape index (κ3) is 2.90. The molecule has 0 unspecified atom stereocenters. The molecule has 0 saturated carbocycles. The van der Waals surface area contributed by atoms with Crippen molar-refractivity contribution in [2.45, 2.75) is 6.92 Å². The maximum absolute atomic E-state index is 11.8. The number of hydrogen-bond donors (Lipinski definition) is 0. The summed E-state index contributed by atoms with van der Waals surface area (Å²) in [4.78, 5) is 18.2. The zero-order valence-electron chi connectivity index (χ0n) is 13.7. The van der Waals surface area contributed by atoms with Gasteiger partial charge in [0.1, 0.15) is 11.2 Å². The van der Waals surface area contributed by atoms with Gasteiger partial charge in [0, 0.05) is 23.1 Å². The fourth-order valence-corrected chi connectivity index (χ4v) is 2.82. The molecule has 0 N–H and O–H groups in total. The van der Waals surface area contributed by atoms with E-state index in [0.29, 0.717) is 16.8 Å². The van der Waals surface area contributed by atoms with Gasteiger partial charge in [-0.3, -0.25) is 0 Å². The van der Waals surface area contributed by atoms with Crippen molar-refractivity contribution in [3.8, 4) is 0 Å². The Bertz CT molecular complexity index is 1030. The van der Waals surface area contributed by atoms with Crippen LogP contribution < -0.4 is 10.5 Å². The smallest absolute Gasteiger partial charge is 0.357 e. The van der Waals surface area contributed by atoms with E-state index in [0.717, 1.165) is 17.1 Å². The van der Waals surface area contributed by atoms with Crippen LogP contribution >= 0.6 is 0 Å². The van der Waals surface area contributed by atoms with Crippen LogP contribution in [0, 0.1) is 6.92 Å². The van der Waals surface area contributed by atoms with Crippen LogP contribution in [0.5, 0.6) is 0 Å². The molecule has 0 aliphatic carbocycles. The largest absolute Gasteiger partial charge is 0.420 e. The normalized spacial score (nSPS) is 10.8. The van der Waals surface area contributed by atoms with E-state index in [4.69, 9.17) is 4.42 Å². The van der Waals surface area contributed by atoms with Crippen LogP contribution in [0.4, 0.5) is 17.1 Å². The maximum atomic E-state index is 11.8. The van der Waals surface area contributed by atoms with Gasteiger partial charge in [-0.2, -0.15) is 0 Å². The molecule has 1 aromatic heterocycles. The van der Waals surface area contributed by atoms with E-state index < -0.39 is 5.63 Å². The van der Waals surface area contributed by atoms with E-state index in [1.165, 1.54) is 0 Å². The van der Waals surface area contributed by atoms with Gasteiger partial charge in [0.05, 0.1) is 0 Å². The molecular formula is C21H16N2O2. The first kappa shape index (κ1) is 15.1. The molecule has 4 heteroatoms. The Morgan fingerprint density at radius 1 is 0.800 bits per heavy atom. The third-order valence-corrected chi connectivity index (χ3v) is 4.02. The first-order valence-corrected chi connectivity index (χ1v) is 8.04. The molecule has 0 fully saturated rings. The molecule has 0 amide bonds. The second kappa shape index (κ2) is 6.24. The van der Waals surface area contributed by atoms with E-state index in [1.54, 1.807) is 6.92 Å². The Kier molecular flexibility index (Phi) is 3.78. The Labute approximate surface area is 145 Å². The minimum Gasteiger partial charge on any atom is -0.420 e. The van der Waals surface area contributed by atoms with Crippen molar-refractivity contribution in [1.29, 1.82) is 0 Å². The van der Waals surface area contributed by atoms with E-state index in [9.17, 15) is 4.79 Å². The minimum absolute atomic E-state index is 0.364. The van der Waals surface area contributed by atoms with Gasteiger partial charge in [0.25, 0.3) is 0 Å². The first-order valence-electron chi connectivity index (χ1n) is 8.04. The van der Waals surface area contributed by atoms with E-state index >= 15 is 0 Å². The third-order valence-electron chi connectivity index (χ3n) is 4.02. The molecule has 0 bridgehead atoms. The lowest BCUT2D eigenvalue weighted by Gasteiger charge is -2.25. The number of aromatic nitrogens is 1. The van der Waals surface area contributed by atoms with Gasteiger partial charge in [-0.1, -0.05) is 36.4 Å². The number of fused-ring (bicyclic) bond motifs is 1. The van der Waals surface area contributed by atoms with Crippen LogP contribution in [0.25, 0.3) is 11.1 Å². The lowest BCUT2D eigenvalue weighted by molar-refractivity contribution is 0.547. The Balaban J connectivity index is 1.92. The number of rotatable bonds is 3. The van der Waals surface area contributed by atoms with Crippen molar-refractivity contribution in [1.82, 2.24) is 4.98 Å². The van der Waals surface area contributed by atoms with E-state index in [-0.39, 0.29) is 0 Å². The highest BCUT2D eigenvalue weighted by molar-refractivity contribution is 5.83. The standard InChI is InChI=1S/C21H16N2O2/c1-15-21(24)25-20-14-18(12-13-19(20)22-15)23(16-8-4-2-5-9-16)17-10-6-3-7-11-17/h2-14H,1H3. The summed E-state index contributed by atoms with van der Waals surface area (Å²) in [5.41, 5.74) is 4.05. The first-order chi connectivity index (χ1) is 12.2. The molecule has 0 radical (unpaired) electrons. The number of nitrogens with zero attached hydrogens (tertiary/aromatic N) is 2. The fraction of sp³-hybridized carbons (Fsp3) is 0.0476. The number of para-hydroxylation sites is 2. The summed E-state index contributed by atoms with van der Waals surface area (Å²) in [6.07, 6.45) is 0. The topological polar surface area (TPSA) is 46.3 Å². The molecule has 4 aromatic rings. The van der Waals surface area contributed by atoms with Gasteiger partial charge in [-0.05, 0) is 43.3 Å². The van der Waals surface area contributed by atoms with Gasteiger partial charge < -0.3 is 9.32 Å². The summed E-state index contributed by atoms with van der Waals surface area (Å²) in [6, 6.07) is 25.8. The predicted molar refractivity (Wildman–Crippen MR) is 99.7 cm³/mol. The summed E-state index contributed by atoms with van der Waals surface area (Å²) >= 11 is 0. The average molecular weight is 328 g/mol. The van der Waals surface area contributed by atoms with Gasteiger partial charge >= 0.3 is 5.63 Å². The van der Waals surface area contributed by atoms with Crippen LogP contribution in [-0.4, -0.2) is 4.98 Å². The highest BCUT2D eigenvalue weighted by Gasteiger charge is 2.13. The van der Waals surface area contributed by atoms with Crippen LogP contribution in [0.15, 0.2) is 88.1 Å². The van der Waals surface area contributed by atoms with Gasteiger partial charge in [0.15, 0.2) is 5.58 Å². The van der Waals surface area contributed by atoms with Crippen molar-refractivity contribution in [3.63, 3.8) is 0 Å². The van der Waals surface area contributed by atoms with Crippen molar-refractivity contribution in [2.24, 2.45) is 0 Å². The molecule has 0 aliphatic rings. The summed E-state index contributed by atoms with van der Waals surface area (Å²) in [7, 11) is 0. The van der Waals surface area contributed by atoms with Crippen molar-refractivity contribution in [3.05, 3.63) is 95.0 Å². The van der Waals surface area contributed by atoms with Crippen molar-refractivity contribution in [2.75, 3.05) is 4.90 Å². The molecule has 25 heavy (non-hydrogen) atoms. The molecule has 0 saturated heterocycles. The molecule has 3 aromatic carbocycles. The molecule has 4 rings (SSSR count).